The van der Waals surface area contributed by atoms with Gasteiger partial charge in [-0.3, -0.25) is 4.79 Å². The second-order valence-electron chi connectivity index (χ2n) is 9.13. The van der Waals surface area contributed by atoms with Crippen LogP contribution < -0.4 is 9.91 Å². The van der Waals surface area contributed by atoms with Gasteiger partial charge in [0.15, 0.2) is 0 Å². The summed E-state index contributed by atoms with van der Waals surface area (Å²) in [6.45, 7) is 3.74. The van der Waals surface area contributed by atoms with E-state index in [9.17, 15) is 4.79 Å². The molecule has 186 valence electrons. The van der Waals surface area contributed by atoms with Crippen molar-refractivity contribution in [3.05, 3.63) is 120 Å². The lowest BCUT2D eigenvalue weighted by Gasteiger charge is -2.36. The number of hydrogen-bond acceptors (Lipinski definition) is 5. The molecule has 0 fully saturated rings. The summed E-state index contributed by atoms with van der Waals surface area (Å²) in [5.74, 6) is 0. The van der Waals surface area contributed by atoms with Crippen LogP contribution >= 0.6 is 0 Å². The molecular weight excluding hydrogens is 458 g/mol. The highest BCUT2D eigenvalue weighted by molar-refractivity contribution is 5.84. The van der Waals surface area contributed by atoms with Gasteiger partial charge < -0.3 is 9.64 Å². The molecule has 37 heavy (non-hydrogen) atoms. The van der Waals surface area contributed by atoms with Gasteiger partial charge in [-0.15, -0.1) is 0 Å². The van der Waals surface area contributed by atoms with E-state index in [0.717, 1.165) is 49.2 Å². The summed E-state index contributed by atoms with van der Waals surface area (Å²) in [6.07, 6.45) is 4.76. The summed E-state index contributed by atoms with van der Waals surface area (Å²) in [5.41, 5.74) is 7.12. The Morgan fingerprint density at radius 2 is 1.57 bits per heavy atom. The lowest BCUT2D eigenvalue weighted by atomic mass is 9.97. The molecule has 0 N–H and O–H groups in total. The summed E-state index contributed by atoms with van der Waals surface area (Å²) in [6, 6.07) is 34.5. The first-order chi connectivity index (χ1) is 18.2. The monoisotopic (exact) mass is 489 g/mol. The number of rotatable bonds is 9. The maximum absolute atomic E-state index is 11.1. The Bertz CT molecular complexity index is 1340. The molecule has 0 saturated carbocycles. The average Bonchev–Trinajstić information content (AvgIpc) is 2.97. The van der Waals surface area contributed by atoms with Crippen LogP contribution in [0.25, 0.3) is 0 Å². The molecule has 1 atom stereocenters. The van der Waals surface area contributed by atoms with Crippen LogP contribution in [0.4, 0.5) is 22.7 Å². The number of anilines is 4. The third-order valence-corrected chi connectivity index (χ3v) is 6.45. The van der Waals surface area contributed by atoms with Crippen molar-refractivity contribution in [2.45, 2.75) is 25.9 Å². The minimum absolute atomic E-state index is 0.136. The molecule has 1 aliphatic heterocycles. The predicted molar refractivity (Wildman–Crippen MR) is 152 cm³/mol. The van der Waals surface area contributed by atoms with Gasteiger partial charge in [-0.1, -0.05) is 49.4 Å². The SMILES string of the molecule is CCCOC1Cc2cc(/C=N/N(c3ccccc3)c3ccc(C=O)cc3)ccc2N(c2ccccc2)C1. The zero-order valence-corrected chi connectivity index (χ0v) is 21.0. The number of hydrogen-bond donors (Lipinski definition) is 0. The van der Waals surface area contributed by atoms with Crippen LogP contribution in [0.5, 0.6) is 0 Å². The fraction of sp³-hybridized carbons (Fsp3) is 0.188. The van der Waals surface area contributed by atoms with Crippen molar-refractivity contribution in [1.29, 1.82) is 0 Å². The Kier molecular flexibility index (Phi) is 7.72. The van der Waals surface area contributed by atoms with Crippen molar-refractivity contribution >= 4 is 35.3 Å². The van der Waals surface area contributed by atoms with Gasteiger partial charge in [0.2, 0.25) is 0 Å². The van der Waals surface area contributed by atoms with E-state index in [2.05, 4.69) is 54.3 Å². The van der Waals surface area contributed by atoms with Crippen LogP contribution in [0.15, 0.2) is 108 Å². The lowest BCUT2D eigenvalue weighted by molar-refractivity contribution is 0.0575. The summed E-state index contributed by atoms with van der Waals surface area (Å²) in [4.78, 5) is 13.5. The number of ether oxygens (including phenoxy) is 1. The maximum Gasteiger partial charge on any atom is 0.150 e. The van der Waals surface area contributed by atoms with Gasteiger partial charge in [-0.2, -0.15) is 5.10 Å². The molecule has 1 heterocycles. The summed E-state index contributed by atoms with van der Waals surface area (Å²) in [5, 5.41) is 6.75. The number of fused-ring (bicyclic) bond motifs is 1. The molecule has 0 amide bonds. The van der Waals surface area contributed by atoms with Crippen molar-refractivity contribution < 1.29 is 9.53 Å². The van der Waals surface area contributed by atoms with Crippen LogP contribution in [-0.2, 0) is 11.2 Å². The lowest BCUT2D eigenvalue weighted by Crippen LogP contribution is -2.37. The van der Waals surface area contributed by atoms with Crippen LogP contribution in [0.1, 0.15) is 34.8 Å². The summed E-state index contributed by atoms with van der Waals surface area (Å²) >= 11 is 0. The second kappa shape index (κ2) is 11.7. The van der Waals surface area contributed by atoms with Crippen LogP contribution in [0.3, 0.4) is 0 Å². The van der Waals surface area contributed by atoms with Gasteiger partial charge in [-0.25, -0.2) is 5.01 Å². The molecule has 5 rings (SSSR count). The summed E-state index contributed by atoms with van der Waals surface area (Å²) < 4.78 is 6.20. The molecule has 4 aromatic rings. The molecule has 0 radical (unpaired) electrons. The molecule has 0 aliphatic carbocycles. The number of para-hydroxylation sites is 2. The van der Waals surface area contributed by atoms with Gasteiger partial charge in [-0.05, 0) is 78.2 Å². The molecule has 0 bridgehead atoms. The largest absolute Gasteiger partial charge is 0.376 e. The molecule has 0 saturated heterocycles. The smallest absolute Gasteiger partial charge is 0.150 e. The molecular formula is C32H31N3O2. The third kappa shape index (κ3) is 5.79. The fourth-order valence-corrected chi connectivity index (χ4v) is 4.64. The zero-order chi connectivity index (χ0) is 25.5. The van der Waals surface area contributed by atoms with E-state index in [0.29, 0.717) is 5.56 Å². The van der Waals surface area contributed by atoms with Crippen LogP contribution in [0.2, 0.25) is 0 Å². The Morgan fingerprint density at radius 3 is 2.27 bits per heavy atom. The molecule has 4 aromatic carbocycles. The number of benzene rings is 4. The topological polar surface area (TPSA) is 45.1 Å². The van der Waals surface area contributed by atoms with E-state index in [1.54, 1.807) is 12.1 Å². The highest BCUT2D eigenvalue weighted by Gasteiger charge is 2.26. The number of carbonyl (C=O) groups is 1. The predicted octanol–water partition coefficient (Wildman–Crippen LogP) is 7.16. The van der Waals surface area contributed by atoms with Crippen molar-refractivity contribution in [2.24, 2.45) is 5.10 Å². The number of nitrogens with zero attached hydrogens (tertiary/aromatic N) is 3. The van der Waals surface area contributed by atoms with Crippen LogP contribution in [0, 0.1) is 0 Å². The molecule has 0 spiro atoms. The van der Waals surface area contributed by atoms with Gasteiger partial charge >= 0.3 is 0 Å². The fourth-order valence-electron chi connectivity index (χ4n) is 4.64. The van der Waals surface area contributed by atoms with Gasteiger partial charge in [0.05, 0.1) is 23.7 Å². The Labute approximate surface area is 218 Å². The first-order valence-corrected chi connectivity index (χ1v) is 12.8. The van der Waals surface area contributed by atoms with Gasteiger partial charge in [0.1, 0.15) is 6.29 Å². The minimum Gasteiger partial charge on any atom is -0.376 e. The minimum atomic E-state index is 0.136. The normalized spacial score (nSPS) is 14.9. The van der Waals surface area contributed by atoms with E-state index in [4.69, 9.17) is 9.84 Å². The number of carbonyl (C=O) groups excluding carboxylic acids is 1. The zero-order valence-electron chi connectivity index (χ0n) is 21.0. The summed E-state index contributed by atoms with van der Waals surface area (Å²) in [7, 11) is 0. The van der Waals surface area contributed by atoms with Crippen molar-refractivity contribution in [3.63, 3.8) is 0 Å². The van der Waals surface area contributed by atoms with Crippen molar-refractivity contribution in [1.82, 2.24) is 0 Å². The Hall–Kier alpha value is -4.22. The van der Waals surface area contributed by atoms with Crippen molar-refractivity contribution in [3.8, 4) is 0 Å². The number of hydrazone groups is 1. The molecule has 1 unspecified atom stereocenters. The van der Waals surface area contributed by atoms with Gasteiger partial charge in [0, 0.05) is 36.5 Å². The van der Waals surface area contributed by atoms with E-state index in [1.165, 1.54) is 16.9 Å². The van der Waals surface area contributed by atoms with Crippen molar-refractivity contribution in [2.75, 3.05) is 23.1 Å². The molecule has 5 nitrogen and oxygen atoms in total. The highest BCUT2D eigenvalue weighted by atomic mass is 16.5. The first-order valence-electron chi connectivity index (χ1n) is 12.8. The number of aldehydes is 1. The molecule has 0 aromatic heterocycles. The molecule has 1 aliphatic rings. The van der Waals surface area contributed by atoms with E-state index in [1.807, 2.05) is 59.8 Å². The van der Waals surface area contributed by atoms with Gasteiger partial charge in [0.25, 0.3) is 0 Å². The Morgan fingerprint density at radius 1 is 0.892 bits per heavy atom. The second-order valence-corrected chi connectivity index (χ2v) is 9.13. The third-order valence-electron chi connectivity index (χ3n) is 6.45. The van der Waals surface area contributed by atoms with E-state index < -0.39 is 0 Å². The quantitative estimate of drug-likeness (QED) is 0.142. The van der Waals surface area contributed by atoms with E-state index >= 15 is 0 Å². The van der Waals surface area contributed by atoms with E-state index in [-0.39, 0.29) is 6.10 Å². The average molecular weight is 490 g/mol. The van der Waals surface area contributed by atoms with Crippen LogP contribution in [-0.4, -0.2) is 31.8 Å². The Balaban J connectivity index is 1.47. The maximum atomic E-state index is 11.1. The first kappa shape index (κ1) is 24.5. The highest BCUT2D eigenvalue weighted by Crippen LogP contribution is 2.35. The standard InChI is InChI=1S/C32H31N3O2/c1-2-19-37-31-21-27-20-26(15-18-32(27)34(23-31)28-9-5-3-6-10-28)22-33-35(29-11-7-4-8-12-29)30-16-13-25(24-36)14-17-30/h3-18,20,22,24,31H,2,19,21,23H2,1H3/b33-22+. The molecule has 5 heteroatoms.